The van der Waals surface area contributed by atoms with Crippen molar-refractivity contribution in [3.05, 3.63) is 33.7 Å². The molecule has 0 spiro atoms. The molecule has 4 nitrogen and oxygen atoms in total. The molecule has 0 saturated carbocycles. The van der Waals surface area contributed by atoms with Crippen molar-refractivity contribution >= 4 is 22.6 Å². The summed E-state index contributed by atoms with van der Waals surface area (Å²) in [6.45, 7) is 0.274. The van der Waals surface area contributed by atoms with Crippen molar-refractivity contribution in [1.29, 1.82) is 0 Å². The average Bonchev–Trinajstić information content (AvgIpc) is 2.67. The molecule has 14 heavy (non-hydrogen) atoms. The van der Waals surface area contributed by atoms with Crippen LogP contribution in [0.1, 0.15) is 5.89 Å². The molecular formula is C9H8IN3O. The van der Waals surface area contributed by atoms with Gasteiger partial charge in [-0.05, 0) is 34.7 Å². The van der Waals surface area contributed by atoms with Crippen LogP contribution < -0.4 is 5.73 Å². The maximum atomic E-state index is 5.38. The molecule has 2 aromatic rings. The lowest BCUT2D eigenvalue weighted by molar-refractivity contribution is 0.508. The molecule has 0 aliphatic heterocycles. The number of aromatic nitrogens is 2. The molecule has 1 aromatic carbocycles. The summed E-state index contributed by atoms with van der Waals surface area (Å²) in [5, 5.41) is 7.72. The van der Waals surface area contributed by atoms with Crippen molar-refractivity contribution in [2.75, 3.05) is 0 Å². The van der Waals surface area contributed by atoms with E-state index in [1.165, 1.54) is 0 Å². The van der Waals surface area contributed by atoms with Gasteiger partial charge in [0.25, 0.3) is 0 Å². The summed E-state index contributed by atoms with van der Waals surface area (Å²) in [7, 11) is 0. The SMILES string of the molecule is NCc1nnc(-c2ccccc2I)o1. The van der Waals surface area contributed by atoms with E-state index in [0.717, 1.165) is 9.13 Å². The normalized spacial score (nSPS) is 10.4. The highest BCUT2D eigenvalue weighted by molar-refractivity contribution is 14.1. The molecule has 1 heterocycles. The molecule has 0 radical (unpaired) electrons. The molecule has 72 valence electrons. The Morgan fingerprint density at radius 2 is 2.07 bits per heavy atom. The Hall–Kier alpha value is -0.950. The number of nitrogens with two attached hydrogens (primary N) is 1. The molecule has 0 atom stereocenters. The van der Waals surface area contributed by atoms with E-state index in [2.05, 4.69) is 32.8 Å². The second-order valence-electron chi connectivity index (χ2n) is 2.68. The molecule has 0 aliphatic carbocycles. The molecule has 0 saturated heterocycles. The van der Waals surface area contributed by atoms with Crippen LogP contribution in [0.25, 0.3) is 11.5 Å². The van der Waals surface area contributed by atoms with E-state index >= 15 is 0 Å². The fourth-order valence-electron chi connectivity index (χ4n) is 1.08. The maximum absolute atomic E-state index is 5.38. The van der Waals surface area contributed by atoms with Gasteiger partial charge in [-0.25, -0.2) is 0 Å². The van der Waals surface area contributed by atoms with Crippen LogP contribution in [0, 0.1) is 3.57 Å². The lowest BCUT2D eigenvalue weighted by Crippen LogP contribution is -1.95. The Morgan fingerprint density at radius 3 is 2.71 bits per heavy atom. The average molecular weight is 301 g/mol. The molecule has 0 unspecified atom stereocenters. The van der Waals surface area contributed by atoms with E-state index in [9.17, 15) is 0 Å². The van der Waals surface area contributed by atoms with Gasteiger partial charge in [-0.3, -0.25) is 0 Å². The Morgan fingerprint density at radius 1 is 1.29 bits per heavy atom. The lowest BCUT2D eigenvalue weighted by Gasteiger charge is -1.96. The Balaban J connectivity index is 2.44. The van der Waals surface area contributed by atoms with Crippen molar-refractivity contribution in [2.24, 2.45) is 5.73 Å². The molecule has 2 N–H and O–H groups in total. The van der Waals surface area contributed by atoms with E-state index in [4.69, 9.17) is 10.2 Å². The summed E-state index contributed by atoms with van der Waals surface area (Å²) in [5.41, 5.74) is 6.33. The summed E-state index contributed by atoms with van der Waals surface area (Å²) in [5.74, 6) is 0.982. The highest BCUT2D eigenvalue weighted by Gasteiger charge is 2.09. The van der Waals surface area contributed by atoms with Gasteiger partial charge >= 0.3 is 0 Å². The number of benzene rings is 1. The van der Waals surface area contributed by atoms with Crippen LogP contribution in [0.2, 0.25) is 0 Å². The smallest absolute Gasteiger partial charge is 0.248 e. The monoisotopic (exact) mass is 301 g/mol. The van der Waals surface area contributed by atoms with Gasteiger partial charge < -0.3 is 10.2 Å². The number of nitrogens with zero attached hydrogens (tertiary/aromatic N) is 2. The maximum Gasteiger partial charge on any atom is 0.248 e. The topological polar surface area (TPSA) is 64.9 Å². The van der Waals surface area contributed by atoms with Gasteiger partial charge in [0.15, 0.2) is 0 Å². The quantitative estimate of drug-likeness (QED) is 0.859. The third-order valence-electron chi connectivity index (χ3n) is 1.75. The first kappa shape index (κ1) is 9.60. The first-order valence-corrected chi connectivity index (χ1v) is 5.16. The van der Waals surface area contributed by atoms with Crippen molar-refractivity contribution in [2.45, 2.75) is 6.54 Å². The molecule has 0 aliphatic rings. The summed E-state index contributed by atoms with van der Waals surface area (Å²) >= 11 is 2.23. The minimum Gasteiger partial charge on any atom is -0.419 e. The van der Waals surface area contributed by atoms with Crippen LogP contribution >= 0.6 is 22.6 Å². The van der Waals surface area contributed by atoms with Crippen molar-refractivity contribution in [3.63, 3.8) is 0 Å². The number of hydrogen-bond donors (Lipinski definition) is 1. The fraction of sp³-hybridized carbons (Fsp3) is 0.111. The molecule has 5 heteroatoms. The van der Waals surface area contributed by atoms with Gasteiger partial charge in [-0.15, -0.1) is 10.2 Å². The predicted octanol–water partition coefficient (Wildman–Crippen LogP) is 1.80. The molecule has 0 bridgehead atoms. The third-order valence-corrected chi connectivity index (χ3v) is 2.69. The summed E-state index contributed by atoms with van der Waals surface area (Å²) < 4.78 is 6.43. The fourth-order valence-corrected chi connectivity index (χ4v) is 1.70. The van der Waals surface area contributed by atoms with E-state index in [-0.39, 0.29) is 6.54 Å². The molecular weight excluding hydrogens is 293 g/mol. The van der Waals surface area contributed by atoms with Gasteiger partial charge in [-0.2, -0.15) is 0 Å². The van der Waals surface area contributed by atoms with Crippen molar-refractivity contribution in [3.8, 4) is 11.5 Å². The van der Waals surface area contributed by atoms with Crippen LogP contribution in [0.4, 0.5) is 0 Å². The van der Waals surface area contributed by atoms with E-state index in [1.807, 2.05) is 24.3 Å². The highest BCUT2D eigenvalue weighted by atomic mass is 127. The van der Waals surface area contributed by atoms with Crippen LogP contribution in [-0.4, -0.2) is 10.2 Å². The highest BCUT2D eigenvalue weighted by Crippen LogP contribution is 2.23. The van der Waals surface area contributed by atoms with Crippen LogP contribution in [0.3, 0.4) is 0 Å². The van der Waals surface area contributed by atoms with Crippen LogP contribution in [0.15, 0.2) is 28.7 Å². The number of rotatable bonds is 2. The summed E-state index contributed by atoms with van der Waals surface area (Å²) in [6, 6.07) is 7.83. The van der Waals surface area contributed by atoms with Crippen LogP contribution in [0.5, 0.6) is 0 Å². The number of halogens is 1. The minimum absolute atomic E-state index is 0.274. The predicted molar refractivity (Wildman–Crippen MR) is 60.3 cm³/mol. The minimum atomic E-state index is 0.274. The van der Waals surface area contributed by atoms with E-state index in [1.54, 1.807) is 0 Å². The lowest BCUT2D eigenvalue weighted by atomic mass is 10.2. The van der Waals surface area contributed by atoms with Gasteiger partial charge in [0.1, 0.15) is 0 Å². The van der Waals surface area contributed by atoms with E-state index in [0.29, 0.717) is 11.8 Å². The van der Waals surface area contributed by atoms with Crippen molar-refractivity contribution in [1.82, 2.24) is 10.2 Å². The molecule has 1 aromatic heterocycles. The second-order valence-corrected chi connectivity index (χ2v) is 3.85. The zero-order chi connectivity index (χ0) is 9.97. The first-order chi connectivity index (χ1) is 6.81. The standard InChI is InChI=1S/C9H8IN3O/c10-7-4-2-1-3-6(7)9-13-12-8(5-11)14-9/h1-4H,5,11H2. The van der Waals surface area contributed by atoms with Crippen molar-refractivity contribution < 1.29 is 4.42 Å². The third kappa shape index (κ3) is 1.78. The van der Waals surface area contributed by atoms with Gasteiger partial charge in [0.05, 0.1) is 12.1 Å². The number of hydrogen-bond acceptors (Lipinski definition) is 4. The molecule has 2 rings (SSSR count). The zero-order valence-corrected chi connectivity index (χ0v) is 9.43. The van der Waals surface area contributed by atoms with E-state index < -0.39 is 0 Å². The van der Waals surface area contributed by atoms with Crippen LogP contribution in [-0.2, 0) is 6.54 Å². The largest absolute Gasteiger partial charge is 0.419 e. The molecule has 0 fully saturated rings. The van der Waals surface area contributed by atoms with Gasteiger partial charge in [0.2, 0.25) is 11.8 Å². The Kier molecular flexibility index (Phi) is 2.78. The van der Waals surface area contributed by atoms with Gasteiger partial charge in [-0.1, -0.05) is 12.1 Å². The summed E-state index contributed by atoms with van der Waals surface area (Å²) in [6.07, 6.45) is 0. The Labute approximate surface area is 94.7 Å². The Bertz CT molecular complexity index is 441. The first-order valence-electron chi connectivity index (χ1n) is 4.08. The second kappa shape index (κ2) is 4.05. The zero-order valence-electron chi connectivity index (χ0n) is 7.27. The summed E-state index contributed by atoms with van der Waals surface area (Å²) in [4.78, 5) is 0. The molecule has 0 amide bonds. The van der Waals surface area contributed by atoms with Gasteiger partial charge in [0, 0.05) is 3.57 Å².